The van der Waals surface area contributed by atoms with Crippen LogP contribution in [0.25, 0.3) is 22.8 Å². The standard InChI is InChI=1S/C19H15F2N5O2S2/c1-2-26-17(15-4-3-7-28-15)24-25-19(26)30-10-16(27)23-18-22-14(9-29-18)12-8-11(20)5-6-13(12)21/h3-9H,2,10H2,1H3,(H,22,23,27). The average molecular weight is 447 g/mol. The van der Waals surface area contributed by atoms with Crippen molar-refractivity contribution < 1.29 is 18.0 Å². The lowest BCUT2D eigenvalue weighted by molar-refractivity contribution is -0.113. The van der Waals surface area contributed by atoms with Crippen molar-refractivity contribution in [1.29, 1.82) is 0 Å². The number of nitrogens with one attached hydrogen (secondary N) is 1. The lowest BCUT2D eigenvalue weighted by atomic mass is 10.1. The quantitative estimate of drug-likeness (QED) is 0.414. The number of nitrogens with zero attached hydrogens (tertiary/aromatic N) is 4. The molecule has 0 spiro atoms. The van der Waals surface area contributed by atoms with Crippen LogP contribution in [-0.2, 0) is 11.3 Å². The van der Waals surface area contributed by atoms with E-state index in [2.05, 4.69) is 20.5 Å². The molecule has 7 nitrogen and oxygen atoms in total. The maximum absolute atomic E-state index is 13.9. The molecule has 4 rings (SSSR count). The van der Waals surface area contributed by atoms with E-state index in [9.17, 15) is 13.6 Å². The Morgan fingerprint density at radius 1 is 1.30 bits per heavy atom. The number of anilines is 1. The molecule has 0 saturated carbocycles. The summed E-state index contributed by atoms with van der Waals surface area (Å²) in [4.78, 5) is 16.5. The number of carbonyl (C=O) groups excluding carboxylic acids is 1. The van der Waals surface area contributed by atoms with Crippen LogP contribution in [0, 0.1) is 11.6 Å². The maximum Gasteiger partial charge on any atom is 0.236 e. The van der Waals surface area contributed by atoms with Crippen molar-refractivity contribution in [1.82, 2.24) is 19.7 Å². The Kier molecular flexibility index (Phi) is 5.91. The van der Waals surface area contributed by atoms with Gasteiger partial charge in [-0.2, -0.15) is 0 Å². The molecule has 0 saturated heterocycles. The smallest absolute Gasteiger partial charge is 0.236 e. The zero-order chi connectivity index (χ0) is 21.1. The second-order valence-electron chi connectivity index (χ2n) is 6.03. The number of aromatic nitrogens is 4. The molecule has 3 heterocycles. The van der Waals surface area contributed by atoms with E-state index in [-0.39, 0.29) is 22.9 Å². The summed E-state index contributed by atoms with van der Waals surface area (Å²) in [6, 6.07) is 6.71. The Morgan fingerprint density at radius 2 is 2.17 bits per heavy atom. The minimum absolute atomic E-state index is 0.0441. The van der Waals surface area contributed by atoms with Crippen LogP contribution in [-0.4, -0.2) is 31.4 Å². The monoisotopic (exact) mass is 447 g/mol. The van der Waals surface area contributed by atoms with Crippen molar-refractivity contribution in [3.05, 3.63) is 53.6 Å². The molecule has 0 aliphatic rings. The van der Waals surface area contributed by atoms with Gasteiger partial charge < -0.3 is 9.73 Å². The molecule has 0 aliphatic heterocycles. The van der Waals surface area contributed by atoms with Crippen molar-refractivity contribution >= 4 is 34.1 Å². The molecule has 0 aliphatic carbocycles. The van der Waals surface area contributed by atoms with Crippen LogP contribution in [0.1, 0.15) is 6.92 Å². The van der Waals surface area contributed by atoms with E-state index >= 15 is 0 Å². The van der Waals surface area contributed by atoms with Gasteiger partial charge in [0.15, 0.2) is 21.9 Å². The highest BCUT2D eigenvalue weighted by Gasteiger charge is 2.17. The van der Waals surface area contributed by atoms with Crippen molar-refractivity contribution in [3.63, 3.8) is 0 Å². The summed E-state index contributed by atoms with van der Waals surface area (Å²) in [7, 11) is 0. The number of carbonyl (C=O) groups is 1. The fourth-order valence-electron chi connectivity index (χ4n) is 2.70. The number of thiazole rings is 1. The third-order valence-corrected chi connectivity index (χ3v) is 5.79. The fourth-order valence-corrected chi connectivity index (χ4v) is 4.23. The predicted octanol–water partition coefficient (Wildman–Crippen LogP) is 4.69. The number of hydrogen-bond acceptors (Lipinski definition) is 7. The molecule has 0 radical (unpaired) electrons. The largest absolute Gasteiger partial charge is 0.461 e. The molecule has 154 valence electrons. The van der Waals surface area contributed by atoms with Crippen LogP contribution < -0.4 is 5.32 Å². The van der Waals surface area contributed by atoms with Gasteiger partial charge in [-0.25, -0.2) is 13.8 Å². The van der Waals surface area contributed by atoms with E-state index in [0.717, 1.165) is 29.5 Å². The predicted molar refractivity (Wildman–Crippen MR) is 110 cm³/mol. The molecule has 1 N–H and O–H groups in total. The summed E-state index contributed by atoms with van der Waals surface area (Å²) in [6.45, 7) is 2.56. The summed E-state index contributed by atoms with van der Waals surface area (Å²) in [5.74, 6) is -0.172. The Balaban J connectivity index is 1.40. The second kappa shape index (κ2) is 8.76. The van der Waals surface area contributed by atoms with Crippen molar-refractivity contribution in [2.75, 3.05) is 11.1 Å². The van der Waals surface area contributed by atoms with E-state index in [1.54, 1.807) is 23.8 Å². The Labute approximate surface area is 178 Å². The van der Waals surface area contributed by atoms with Crippen molar-refractivity contribution in [3.8, 4) is 22.8 Å². The molecule has 0 fully saturated rings. The number of rotatable bonds is 7. The van der Waals surface area contributed by atoms with Gasteiger partial charge >= 0.3 is 0 Å². The second-order valence-corrected chi connectivity index (χ2v) is 7.83. The van der Waals surface area contributed by atoms with Crippen LogP contribution in [0.4, 0.5) is 13.9 Å². The Morgan fingerprint density at radius 3 is 2.93 bits per heavy atom. The first-order chi connectivity index (χ1) is 14.5. The number of halogens is 2. The zero-order valence-corrected chi connectivity index (χ0v) is 17.3. The van der Waals surface area contributed by atoms with Crippen LogP contribution in [0.3, 0.4) is 0 Å². The summed E-state index contributed by atoms with van der Waals surface area (Å²) < 4.78 is 34.5. The number of furan rings is 1. The highest BCUT2D eigenvalue weighted by atomic mass is 32.2. The normalized spacial score (nSPS) is 11.0. The lowest BCUT2D eigenvalue weighted by Gasteiger charge is -2.05. The number of amides is 1. The molecule has 4 aromatic rings. The van der Waals surface area contributed by atoms with Gasteiger partial charge in [-0.1, -0.05) is 11.8 Å². The molecule has 0 bridgehead atoms. The molecule has 1 aromatic carbocycles. The molecule has 11 heteroatoms. The summed E-state index contributed by atoms with van der Waals surface area (Å²) >= 11 is 2.36. The molecular formula is C19H15F2N5O2S2. The van der Waals surface area contributed by atoms with Crippen LogP contribution >= 0.6 is 23.1 Å². The minimum atomic E-state index is -0.582. The minimum Gasteiger partial charge on any atom is -0.461 e. The molecule has 3 aromatic heterocycles. The van der Waals surface area contributed by atoms with Gasteiger partial charge in [-0.05, 0) is 37.3 Å². The highest BCUT2D eigenvalue weighted by Crippen LogP contribution is 2.28. The first-order valence-corrected chi connectivity index (χ1v) is 10.7. The van der Waals surface area contributed by atoms with E-state index in [1.165, 1.54) is 11.8 Å². The first-order valence-electron chi connectivity index (χ1n) is 8.86. The van der Waals surface area contributed by atoms with E-state index in [1.807, 2.05) is 11.5 Å². The third-order valence-electron chi connectivity index (χ3n) is 4.06. The number of benzene rings is 1. The van der Waals surface area contributed by atoms with E-state index in [0.29, 0.717) is 28.4 Å². The summed E-state index contributed by atoms with van der Waals surface area (Å²) in [5.41, 5.74) is 0.302. The van der Waals surface area contributed by atoms with Crippen LogP contribution in [0.2, 0.25) is 0 Å². The molecule has 30 heavy (non-hydrogen) atoms. The van der Waals surface area contributed by atoms with Crippen LogP contribution in [0.15, 0.2) is 51.5 Å². The average Bonchev–Trinajstić information content (AvgIpc) is 3.48. The SMILES string of the molecule is CCn1c(SCC(=O)Nc2nc(-c3cc(F)ccc3F)cs2)nnc1-c1ccco1. The van der Waals surface area contributed by atoms with E-state index in [4.69, 9.17) is 4.42 Å². The van der Waals surface area contributed by atoms with Gasteiger partial charge in [0, 0.05) is 17.5 Å². The van der Waals surface area contributed by atoms with Crippen molar-refractivity contribution in [2.45, 2.75) is 18.6 Å². The summed E-state index contributed by atoms with van der Waals surface area (Å²) in [5, 5.41) is 13.4. The Hall–Kier alpha value is -3.05. The lowest BCUT2D eigenvalue weighted by Crippen LogP contribution is -2.14. The first kappa shape index (κ1) is 20.2. The third kappa shape index (κ3) is 4.26. The van der Waals surface area contributed by atoms with Gasteiger partial charge in [0.1, 0.15) is 11.6 Å². The molecule has 0 unspecified atom stereocenters. The summed E-state index contributed by atoms with van der Waals surface area (Å²) in [6.07, 6.45) is 1.56. The zero-order valence-electron chi connectivity index (χ0n) is 15.6. The molecule has 0 atom stereocenters. The Bertz CT molecular complexity index is 1170. The molecular weight excluding hydrogens is 432 g/mol. The topological polar surface area (TPSA) is 85.8 Å². The van der Waals surface area contributed by atoms with Gasteiger partial charge in [0.25, 0.3) is 0 Å². The fraction of sp³-hybridized carbons (Fsp3) is 0.158. The van der Waals surface area contributed by atoms with Gasteiger partial charge in [-0.3, -0.25) is 9.36 Å². The van der Waals surface area contributed by atoms with Gasteiger partial charge in [0.2, 0.25) is 5.91 Å². The van der Waals surface area contributed by atoms with E-state index < -0.39 is 11.6 Å². The highest BCUT2D eigenvalue weighted by molar-refractivity contribution is 7.99. The number of hydrogen-bond donors (Lipinski definition) is 1. The number of thioether (sulfide) groups is 1. The maximum atomic E-state index is 13.9. The molecule has 1 amide bonds. The van der Waals surface area contributed by atoms with Gasteiger partial charge in [0.05, 0.1) is 17.7 Å². The van der Waals surface area contributed by atoms with Crippen LogP contribution in [0.5, 0.6) is 0 Å². The van der Waals surface area contributed by atoms with Gasteiger partial charge in [-0.15, -0.1) is 21.5 Å². The van der Waals surface area contributed by atoms with Crippen molar-refractivity contribution in [2.24, 2.45) is 0 Å².